The summed E-state index contributed by atoms with van der Waals surface area (Å²) in [7, 11) is 0. The van der Waals surface area contributed by atoms with Gasteiger partial charge in [0.25, 0.3) is 0 Å². The van der Waals surface area contributed by atoms with Crippen molar-refractivity contribution in [1.82, 2.24) is 4.98 Å². The van der Waals surface area contributed by atoms with Crippen LogP contribution in [0.3, 0.4) is 0 Å². The Morgan fingerprint density at radius 2 is 1.88 bits per heavy atom. The second-order valence-electron chi connectivity index (χ2n) is 6.25. The Labute approximate surface area is 156 Å². The molecule has 1 N–H and O–H groups in total. The van der Waals surface area contributed by atoms with E-state index in [0.717, 1.165) is 33.1 Å². The van der Waals surface area contributed by atoms with Gasteiger partial charge >= 0.3 is 0 Å². The smallest absolute Gasteiger partial charge is 0.0777 e. The monoisotopic (exact) mass is 399 g/mol. The van der Waals surface area contributed by atoms with E-state index in [9.17, 15) is 5.11 Å². The first-order valence-electron chi connectivity index (χ1n) is 8.48. The van der Waals surface area contributed by atoms with Gasteiger partial charge in [-0.2, -0.15) is 0 Å². The lowest BCUT2D eigenvalue weighted by Crippen LogP contribution is -2.16. The summed E-state index contributed by atoms with van der Waals surface area (Å²) in [6.07, 6.45) is 0.987. The predicted octanol–water partition coefficient (Wildman–Crippen LogP) is 4.82. The van der Waals surface area contributed by atoms with E-state index in [2.05, 4.69) is 33.0 Å². The number of hydrogen-bond acceptors (Lipinski definition) is 3. The van der Waals surface area contributed by atoms with Gasteiger partial charge in [-0.15, -0.1) is 0 Å². The van der Waals surface area contributed by atoms with Gasteiger partial charge in [-0.3, -0.25) is 4.98 Å². The second-order valence-corrected chi connectivity index (χ2v) is 7.04. The molecule has 0 spiro atoms. The number of pyridine rings is 1. The molecule has 0 aliphatic rings. The molecule has 0 bridgehead atoms. The molecule has 0 amide bonds. The third-order valence-corrected chi connectivity index (χ3v) is 5.13. The highest BCUT2D eigenvalue weighted by Crippen LogP contribution is 2.28. The van der Waals surface area contributed by atoms with Gasteiger partial charge in [-0.1, -0.05) is 36.4 Å². The average Bonchev–Trinajstić information content (AvgIpc) is 2.62. The maximum absolute atomic E-state index is 10.2. The molecular weight excluding hydrogens is 378 g/mol. The number of aliphatic hydroxyl groups is 1. The van der Waals surface area contributed by atoms with E-state index in [1.165, 1.54) is 5.56 Å². The average molecular weight is 400 g/mol. The molecule has 0 saturated carbocycles. The van der Waals surface area contributed by atoms with Crippen LogP contribution in [-0.4, -0.2) is 22.8 Å². The largest absolute Gasteiger partial charge is 0.391 e. The Morgan fingerprint density at radius 3 is 2.68 bits per heavy atom. The molecule has 4 heteroatoms. The molecule has 0 saturated heterocycles. The van der Waals surface area contributed by atoms with Crippen LogP contribution in [0.1, 0.15) is 23.2 Å². The summed E-state index contributed by atoms with van der Waals surface area (Å²) in [5.41, 5.74) is 4.30. The number of rotatable bonds is 7. The van der Waals surface area contributed by atoms with Crippen molar-refractivity contribution < 1.29 is 9.84 Å². The summed E-state index contributed by atoms with van der Waals surface area (Å²) in [6, 6.07) is 18.2. The molecule has 0 fully saturated rings. The van der Waals surface area contributed by atoms with Crippen molar-refractivity contribution in [2.24, 2.45) is 0 Å². The summed E-state index contributed by atoms with van der Waals surface area (Å²) >= 11 is 3.69. The Bertz CT molecular complexity index is 836. The topological polar surface area (TPSA) is 42.4 Å². The summed E-state index contributed by atoms with van der Waals surface area (Å²) in [5, 5.41) is 11.3. The first kappa shape index (κ1) is 18.1. The Balaban J connectivity index is 1.53. The lowest BCUT2D eigenvalue weighted by atomic mass is 10.0. The van der Waals surface area contributed by atoms with Crippen LogP contribution >= 0.6 is 15.9 Å². The van der Waals surface area contributed by atoms with Gasteiger partial charge < -0.3 is 9.84 Å². The van der Waals surface area contributed by atoms with Crippen molar-refractivity contribution in [3.8, 4) is 0 Å². The Hall–Kier alpha value is -1.75. The number of hydrogen-bond donors (Lipinski definition) is 1. The lowest BCUT2D eigenvalue weighted by Gasteiger charge is -2.13. The quantitative estimate of drug-likeness (QED) is 0.619. The standard InChI is InChI=1S/C21H22BrNO2/c1-15-7-11-19-20(23-15)12-9-17(21(19)22)8-10-18(24)14-25-13-16-5-3-2-4-6-16/h2-7,9,11-12,18,24H,8,10,13-14H2,1H3/t18-/m1/s1. The highest BCUT2D eigenvalue weighted by atomic mass is 79.9. The molecular formula is C21H22BrNO2. The van der Waals surface area contributed by atoms with Crippen LogP contribution in [0.4, 0.5) is 0 Å². The molecule has 0 aliphatic heterocycles. The fourth-order valence-corrected chi connectivity index (χ4v) is 3.47. The summed E-state index contributed by atoms with van der Waals surface area (Å²) in [5.74, 6) is 0. The van der Waals surface area contributed by atoms with E-state index in [1.807, 2.05) is 49.4 Å². The molecule has 25 heavy (non-hydrogen) atoms. The van der Waals surface area contributed by atoms with Gasteiger partial charge in [0, 0.05) is 15.6 Å². The molecule has 3 rings (SSSR count). The second kappa shape index (κ2) is 8.56. The number of benzene rings is 2. The number of halogens is 1. The third-order valence-electron chi connectivity index (χ3n) is 4.19. The normalized spacial score (nSPS) is 12.4. The van der Waals surface area contributed by atoms with Crippen LogP contribution < -0.4 is 0 Å². The zero-order valence-corrected chi connectivity index (χ0v) is 15.9. The van der Waals surface area contributed by atoms with Gasteiger partial charge in [0.2, 0.25) is 0 Å². The number of nitrogens with zero attached hydrogens (tertiary/aromatic N) is 1. The number of fused-ring (bicyclic) bond motifs is 1. The van der Waals surface area contributed by atoms with Crippen molar-refractivity contribution in [3.05, 3.63) is 75.9 Å². The molecule has 0 unspecified atom stereocenters. The number of aromatic nitrogens is 1. The molecule has 3 aromatic rings. The lowest BCUT2D eigenvalue weighted by molar-refractivity contribution is 0.0247. The molecule has 0 radical (unpaired) electrons. The van der Waals surface area contributed by atoms with Crippen LogP contribution in [0.15, 0.2) is 59.1 Å². The van der Waals surface area contributed by atoms with Crippen LogP contribution in [0, 0.1) is 6.92 Å². The van der Waals surface area contributed by atoms with E-state index < -0.39 is 6.10 Å². The third kappa shape index (κ3) is 4.88. The van der Waals surface area contributed by atoms with Crippen molar-refractivity contribution in [1.29, 1.82) is 0 Å². The predicted molar refractivity (Wildman–Crippen MR) is 105 cm³/mol. The maximum Gasteiger partial charge on any atom is 0.0777 e. The fraction of sp³-hybridized carbons (Fsp3) is 0.286. The zero-order chi connectivity index (χ0) is 17.6. The molecule has 1 heterocycles. The number of ether oxygens (including phenoxy) is 1. The maximum atomic E-state index is 10.2. The van der Waals surface area contributed by atoms with Crippen molar-refractivity contribution in [2.75, 3.05) is 6.61 Å². The van der Waals surface area contributed by atoms with Crippen molar-refractivity contribution in [3.63, 3.8) is 0 Å². The Kier molecular flexibility index (Phi) is 6.19. The minimum atomic E-state index is -0.470. The van der Waals surface area contributed by atoms with Gasteiger partial charge in [-0.25, -0.2) is 0 Å². The minimum absolute atomic E-state index is 0.348. The van der Waals surface area contributed by atoms with Crippen LogP contribution in [0.2, 0.25) is 0 Å². The van der Waals surface area contributed by atoms with Crippen LogP contribution in [0.25, 0.3) is 10.9 Å². The van der Waals surface area contributed by atoms with Crippen molar-refractivity contribution >= 4 is 26.8 Å². The molecule has 0 aliphatic carbocycles. The highest BCUT2D eigenvalue weighted by molar-refractivity contribution is 9.10. The first-order chi connectivity index (χ1) is 12.1. The SMILES string of the molecule is Cc1ccc2c(Br)c(CC[C@@H](O)COCc3ccccc3)ccc2n1. The Morgan fingerprint density at radius 1 is 1.08 bits per heavy atom. The van der Waals surface area contributed by atoms with Gasteiger partial charge in [-0.05, 0) is 65.0 Å². The number of aliphatic hydroxyl groups excluding tert-OH is 1. The van der Waals surface area contributed by atoms with E-state index in [0.29, 0.717) is 19.6 Å². The first-order valence-corrected chi connectivity index (χ1v) is 9.27. The molecule has 130 valence electrons. The van der Waals surface area contributed by atoms with Gasteiger partial charge in [0.15, 0.2) is 0 Å². The number of aryl methyl sites for hydroxylation is 2. The van der Waals surface area contributed by atoms with E-state index in [-0.39, 0.29) is 0 Å². The molecule has 3 nitrogen and oxygen atoms in total. The van der Waals surface area contributed by atoms with Gasteiger partial charge in [0.1, 0.15) is 0 Å². The highest BCUT2D eigenvalue weighted by Gasteiger charge is 2.10. The molecule has 1 atom stereocenters. The van der Waals surface area contributed by atoms with Crippen LogP contribution in [0.5, 0.6) is 0 Å². The fourth-order valence-electron chi connectivity index (χ4n) is 2.80. The van der Waals surface area contributed by atoms with E-state index in [1.54, 1.807) is 0 Å². The summed E-state index contributed by atoms with van der Waals surface area (Å²) in [6.45, 7) is 2.87. The molecule has 1 aromatic heterocycles. The van der Waals surface area contributed by atoms with Crippen molar-refractivity contribution in [2.45, 2.75) is 32.5 Å². The van der Waals surface area contributed by atoms with Gasteiger partial charge in [0.05, 0.1) is 24.8 Å². The molecule has 2 aromatic carbocycles. The summed E-state index contributed by atoms with van der Waals surface area (Å²) in [4.78, 5) is 4.54. The van der Waals surface area contributed by atoms with E-state index in [4.69, 9.17) is 4.74 Å². The minimum Gasteiger partial charge on any atom is -0.391 e. The zero-order valence-electron chi connectivity index (χ0n) is 14.3. The summed E-state index contributed by atoms with van der Waals surface area (Å²) < 4.78 is 6.68. The van der Waals surface area contributed by atoms with E-state index >= 15 is 0 Å². The van der Waals surface area contributed by atoms with Crippen LogP contribution in [-0.2, 0) is 17.8 Å².